The maximum atomic E-state index is 13.8. The maximum Gasteiger partial charge on any atom is 0.127 e. The number of hydrogen-bond donors (Lipinski definition) is 1. The van der Waals surface area contributed by atoms with Gasteiger partial charge >= 0.3 is 0 Å². The van der Waals surface area contributed by atoms with E-state index >= 15 is 0 Å². The number of halogens is 1. The fraction of sp³-hybridized carbons (Fsp3) is 0.625. The molecule has 0 aliphatic carbocycles. The van der Waals surface area contributed by atoms with Crippen molar-refractivity contribution in [1.82, 2.24) is 5.32 Å². The molecular weight excluding hydrogens is 225 g/mol. The van der Waals surface area contributed by atoms with Crippen LogP contribution in [0.3, 0.4) is 0 Å². The molecule has 0 aromatic heterocycles. The van der Waals surface area contributed by atoms with Gasteiger partial charge in [0.05, 0.1) is 0 Å². The number of rotatable bonds is 9. The minimum Gasteiger partial charge on any atom is -0.310 e. The summed E-state index contributed by atoms with van der Waals surface area (Å²) in [6.07, 6.45) is 7.33. The van der Waals surface area contributed by atoms with E-state index in [1.54, 1.807) is 12.1 Å². The molecule has 0 radical (unpaired) electrons. The van der Waals surface area contributed by atoms with E-state index in [1.807, 2.05) is 12.1 Å². The van der Waals surface area contributed by atoms with E-state index in [1.165, 1.54) is 32.1 Å². The van der Waals surface area contributed by atoms with Crippen LogP contribution in [0.1, 0.15) is 64.0 Å². The van der Waals surface area contributed by atoms with Gasteiger partial charge in [-0.1, -0.05) is 64.2 Å². The molecule has 18 heavy (non-hydrogen) atoms. The topological polar surface area (TPSA) is 12.0 Å². The molecule has 1 aromatic rings. The van der Waals surface area contributed by atoms with Crippen molar-refractivity contribution in [3.05, 3.63) is 35.6 Å². The first-order valence-electron chi connectivity index (χ1n) is 7.27. The van der Waals surface area contributed by atoms with Crippen LogP contribution in [0.2, 0.25) is 0 Å². The number of benzene rings is 1. The van der Waals surface area contributed by atoms with E-state index in [4.69, 9.17) is 0 Å². The largest absolute Gasteiger partial charge is 0.310 e. The Morgan fingerprint density at radius 2 is 1.78 bits per heavy atom. The maximum absolute atomic E-state index is 13.8. The standard InChI is InChI=1S/C16H26FN/c1-3-5-6-7-8-13-16(18-4-2)14-11-9-10-12-15(14)17/h9-12,16,18H,3-8,13H2,1-2H3. The van der Waals surface area contributed by atoms with Crippen molar-refractivity contribution in [3.8, 4) is 0 Å². The summed E-state index contributed by atoms with van der Waals surface area (Å²) in [7, 11) is 0. The summed E-state index contributed by atoms with van der Waals surface area (Å²) in [5.74, 6) is -0.0861. The highest BCUT2D eigenvalue weighted by Gasteiger charge is 2.13. The lowest BCUT2D eigenvalue weighted by molar-refractivity contribution is 0.459. The van der Waals surface area contributed by atoms with E-state index in [0.717, 1.165) is 18.5 Å². The molecule has 0 saturated heterocycles. The van der Waals surface area contributed by atoms with Gasteiger partial charge in [-0.05, 0) is 19.0 Å². The molecule has 0 bridgehead atoms. The fourth-order valence-electron chi connectivity index (χ4n) is 2.32. The highest BCUT2D eigenvalue weighted by molar-refractivity contribution is 5.21. The normalized spacial score (nSPS) is 12.6. The molecule has 1 nitrogen and oxygen atoms in total. The molecular formula is C16H26FN. The second kappa shape index (κ2) is 9.09. The quantitative estimate of drug-likeness (QED) is 0.619. The second-order valence-electron chi connectivity index (χ2n) is 4.83. The van der Waals surface area contributed by atoms with Gasteiger partial charge in [0.2, 0.25) is 0 Å². The van der Waals surface area contributed by atoms with Crippen molar-refractivity contribution in [2.45, 2.75) is 58.4 Å². The summed E-state index contributed by atoms with van der Waals surface area (Å²) in [6, 6.07) is 7.28. The van der Waals surface area contributed by atoms with Gasteiger partial charge in [0.25, 0.3) is 0 Å². The third-order valence-corrected chi connectivity index (χ3v) is 3.33. The van der Waals surface area contributed by atoms with Crippen LogP contribution in [0.5, 0.6) is 0 Å². The monoisotopic (exact) mass is 251 g/mol. The molecule has 1 unspecified atom stereocenters. The molecule has 0 fully saturated rings. The first-order chi connectivity index (χ1) is 8.79. The Morgan fingerprint density at radius 3 is 2.44 bits per heavy atom. The first kappa shape index (κ1) is 15.2. The van der Waals surface area contributed by atoms with Gasteiger partial charge in [0, 0.05) is 11.6 Å². The van der Waals surface area contributed by atoms with Crippen molar-refractivity contribution in [2.75, 3.05) is 6.54 Å². The summed E-state index contributed by atoms with van der Waals surface area (Å²) in [5.41, 5.74) is 0.815. The molecule has 0 amide bonds. The Kier molecular flexibility index (Phi) is 7.66. The number of hydrogen-bond acceptors (Lipinski definition) is 1. The molecule has 0 aliphatic heterocycles. The van der Waals surface area contributed by atoms with Crippen molar-refractivity contribution in [3.63, 3.8) is 0 Å². The molecule has 0 aliphatic rings. The molecule has 0 spiro atoms. The molecule has 0 saturated carbocycles. The lowest BCUT2D eigenvalue weighted by Gasteiger charge is -2.18. The van der Waals surface area contributed by atoms with Gasteiger partial charge in [0.1, 0.15) is 5.82 Å². The number of unbranched alkanes of at least 4 members (excludes halogenated alkanes) is 4. The van der Waals surface area contributed by atoms with Crippen LogP contribution in [-0.2, 0) is 0 Å². The average Bonchev–Trinajstić information content (AvgIpc) is 2.38. The summed E-state index contributed by atoms with van der Waals surface area (Å²) in [4.78, 5) is 0. The second-order valence-corrected chi connectivity index (χ2v) is 4.83. The molecule has 1 N–H and O–H groups in total. The molecule has 2 heteroatoms. The Hall–Kier alpha value is -0.890. The average molecular weight is 251 g/mol. The molecule has 1 rings (SSSR count). The summed E-state index contributed by atoms with van der Waals surface area (Å²) >= 11 is 0. The Labute approximate surface area is 111 Å². The van der Waals surface area contributed by atoms with Crippen molar-refractivity contribution in [1.29, 1.82) is 0 Å². The zero-order valence-corrected chi connectivity index (χ0v) is 11.7. The van der Waals surface area contributed by atoms with Crippen molar-refractivity contribution in [2.24, 2.45) is 0 Å². The van der Waals surface area contributed by atoms with Crippen LogP contribution in [0.25, 0.3) is 0 Å². The van der Waals surface area contributed by atoms with E-state index < -0.39 is 0 Å². The minimum atomic E-state index is -0.0861. The Bertz CT molecular complexity index is 325. The van der Waals surface area contributed by atoms with Crippen LogP contribution >= 0.6 is 0 Å². The summed E-state index contributed by atoms with van der Waals surface area (Å²) in [6.45, 7) is 5.18. The predicted molar refractivity (Wildman–Crippen MR) is 76.2 cm³/mol. The summed E-state index contributed by atoms with van der Waals surface area (Å²) in [5, 5.41) is 3.39. The lowest BCUT2D eigenvalue weighted by Crippen LogP contribution is -2.21. The summed E-state index contributed by atoms with van der Waals surface area (Å²) < 4.78 is 13.8. The van der Waals surface area contributed by atoms with Crippen LogP contribution < -0.4 is 5.32 Å². The van der Waals surface area contributed by atoms with Gasteiger partial charge in [-0.2, -0.15) is 0 Å². The Morgan fingerprint density at radius 1 is 1.06 bits per heavy atom. The van der Waals surface area contributed by atoms with Crippen molar-refractivity contribution < 1.29 is 4.39 Å². The Balaban J connectivity index is 2.47. The number of nitrogens with one attached hydrogen (secondary N) is 1. The van der Waals surface area contributed by atoms with E-state index in [2.05, 4.69) is 19.2 Å². The first-order valence-corrected chi connectivity index (χ1v) is 7.27. The SMILES string of the molecule is CCCCCCCC(NCC)c1ccccc1F. The molecule has 1 aromatic carbocycles. The van der Waals surface area contributed by atoms with E-state index in [-0.39, 0.29) is 11.9 Å². The van der Waals surface area contributed by atoms with Gasteiger partial charge in [0.15, 0.2) is 0 Å². The lowest BCUT2D eigenvalue weighted by atomic mass is 9.99. The van der Waals surface area contributed by atoms with Gasteiger partial charge in [-0.15, -0.1) is 0 Å². The van der Waals surface area contributed by atoms with Crippen LogP contribution in [0, 0.1) is 5.82 Å². The van der Waals surface area contributed by atoms with Crippen molar-refractivity contribution >= 4 is 0 Å². The third-order valence-electron chi connectivity index (χ3n) is 3.33. The van der Waals surface area contributed by atoms with Crippen LogP contribution in [0.15, 0.2) is 24.3 Å². The zero-order chi connectivity index (χ0) is 13.2. The van der Waals surface area contributed by atoms with Crippen LogP contribution in [-0.4, -0.2) is 6.54 Å². The van der Waals surface area contributed by atoms with Gasteiger partial charge in [-0.25, -0.2) is 4.39 Å². The van der Waals surface area contributed by atoms with E-state index in [9.17, 15) is 4.39 Å². The highest BCUT2D eigenvalue weighted by Crippen LogP contribution is 2.22. The zero-order valence-electron chi connectivity index (χ0n) is 11.7. The van der Waals surface area contributed by atoms with Gasteiger partial charge in [-0.3, -0.25) is 0 Å². The third kappa shape index (κ3) is 5.18. The smallest absolute Gasteiger partial charge is 0.127 e. The van der Waals surface area contributed by atoms with Crippen LogP contribution in [0.4, 0.5) is 4.39 Å². The minimum absolute atomic E-state index is 0.0861. The fourth-order valence-corrected chi connectivity index (χ4v) is 2.32. The molecule has 102 valence electrons. The predicted octanol–water partition coefficient (Wildman–Crippen LogP) is 4.84. The van der Waals surface area contributed by atoms with E-state index in [0.29, 0.717) is 0 Å². The highest BCUT2D eigenvalue weighted by atomic mass is 19.1. The molecule has 0 heterocycles. The molecule has 1 atom stereocenters. The van der Waals surface area contributed by atoms with Gasteiger partial charge < -0.3 is 5.32 Å².